The molecule has 5 aliphatic rings. The fourth-order valence-electron chi connectivity index (χ4n) is 7.70. The molecule has 4 fully saturated rings. The van der Waals surface area contributed by atoms with Crippen LogP contribution in [0.4, 0.5) is 0 Å². The lowest BCUT2D eigenvalue weighted by atomic mass is 9.45. The van der Waals surface area contributed by atoms with Gasteiger partial charge >= 0.3 is 0 Å². The molecule has 0 aromatic rings. The molecule has 1 spiro atoms. The lowest BCUT2D eigenvalue weighted by molar-refractivity contribution is -0.243. The minimum absolute atomic E-state index is 0.187. The van der Waals surface area contributed by atoms with Gasteiger partial charge in [-0.3, -0.25) is 0 Å². The molecule has 134 valence electrons. The number of fused-ring (bicyclic) bond motifs is 6. The first-order valence-corrected chi connectivity index (χ1v) is 11.0. The number of ether oxygens (including phenoxy) is 2. The van der Waals surface area contributed by atoms with Crippen molar-refractivity contribution in [1.82, 2.24) is 0 Å². The number of hydrogen-bond donors (Lipinski definition) is 0. The van der Waals surface area contributed by atoms with Crippen LogP contribution < -0.4 is 0 Å². The lowest BCUT2D eigenvalue weighted by Crippen LogP contribution is -2.57. The molecule has 0 N–H and O–H groups in total. The summed E-state index contributed by atoms with van der Waals surface area (Å²) >= 11 is 3.99. The van der Waals surface area contributed by atoms with E-state index in [2.05, 4.69) is 41.9 Å². The van der Waals surface area contributed by atoms with Crippen molar-refractivity contribution < 1.29 is 9.47 Å². The quantitative estimate of drug-likeness (QED) is 0.409. The van der Waals surface area contributed by atoms with Crippen molar-refractivity contribution in [3.8, 4) is 0 Å². The van der Waals surface area contributed by atoms with Crippen molar-refractivity contribution >= 4 is 15.9 Å². The van der Waals surface area contributed by atoms with E-state index in [0.717, 1.165) is 36.9 Å². The van der Waals surface area contributed by atoms with E-state index in [1.165, 1.54) is 44.9 Å². The summed E-state index contributed by atoms with van der Waals surface area (Å²) in [7, 11) is 0. The first-order chi connectivity index (χ1) is 11.5. The highest BCUT2D eigenvalue weighted by Crippen LogP contribution is 2.70. The average Bonchev–Trinajstić information content (AvgIpc) is 3.15. The maximum Gasteiger partial charge on any atom is 0.186 e. The van der Waals surface area contributed by atoms with E-state index in [4.69, 9.17) is 9.47 Å². The Balaban J connectivity index is 1.51. The van der Waals surface area contributed by atoms with Crippen LogP contribution in [0.15, 0.2) is 12.2 Å². The molecule has 0 aromatic heterocycles. The van der Waals surface area contributed by atoms with Gasteiger partial charge in [-0.25, -0.2) is 0 Å². The molecule has 0 radical (unpaired) electrons. The molecule has 0 amide bonds. The first-order valence-electron chi connectivity index (χ1n) is 10.1. The second-order valence-electron chi connectivity index (χ2n) is 9.59. The largest absolute Gasteiger partial charge is 0.346 e. The van der Waals surface area contributed by atoms with Crippen molar-refractivity contribution in [2.24, 2.45) is 34.5 Å². The van der Waals surface area contributed by atoms with E-state index < -0.39 is 0 Å². The summed E-state index contributed by atoms with van der Waals surface area (Å²) in [5, 5.41) is 0. The highest BCUT2D eigenvalue weighted by molar-refractivity contribution is 9.09. The Kier molecular flexibility index (Phi) is 3.62. The van der Waals surface area contributed by atoms with Gasteiger partial charge in [0.15, 0.2) is 5.79 Å². The van der Waals surface area contributed by atoms with E-state index in [0.29, 0.717) is 10.2 Å². The van der Waals surface area contributed by atoms with Gasteiger partial charge in [0.1, 0.15) is 0 Å². The second-order valence-corrected chi connectivity index (χ2v) is 10.7. The summed E-state index contributed by atoms with van der Waals surface area (Å²) in [6, 6.07) is 0. The SMILES string of the molecule is C[C@]12CC=CC[C@@H]1CC[C@@H]1[C@@H]2CC[C@@]2(C)[C@H]1C[C@@H](Br)C21OCCO1. The van der Waals surface area contributed by atoms with Gasteiger partial charge in [0, 0.05) is 5.41 Å². The summed E-state index contributed by atoms with van der Waals surface area (Å²) in [6.45, 7) is 6.63. The van der Waals surface area contributed by atoms with E-state index in [9.17, 15) is 0 Å². The number of rotatable bonds is 0. The number of allylic oxidation sites excluding steroid dienone is 2. The third kappa shape index (κ3) is 1.85. The van der Waals surface area contributed by atoms with Gasteiger partial charge in [-0.1, -0.05) is 41.9 Å². The molecule has 2 nitrogen and oxygen atoms in total. The van der Waals surface area contributed by atoms with Crippen molar-refractivity contribution in [2.45, 2.75) is 69.4 Å². The van der Waals surface area contributed by atoms with Crippen molar-refractivity contribution in [1.29, 1.82) is 0 Å². The zero-order valence-electron chi connectivity index (χ0n) is 15.1. The Labute approximate surface area is 154 Å². The summed E-state index contributed by atoms with van der Waals surface area (Å²) in [6.07, 6.45) is 14.3. The minimum Gasteiger partial charge on any atom is -0.346 e. The van der Waals surface area contributed by atoms with Gasteiger partial charge in [0.25, 0.3) is 0 Å². The molecule has 1 heterocycles. The minimum atomic E-state index is -0.354. The molecule has 1 saturated heterocycles. The van der Waals surface area contributed by atoms with Crippen molar-refractivity contribution in [3.63, 3.8) is 0 Å². The molecule has 7 atom stereocenters. The topological polar surface area (TPSA) is 18.5 Å². The molecule has 3 heteroatoms. The van der Waals surface area contributed by atoms with Crippen LogP contribution in [0.1, 0.15) is 58.8 Å². The number of hydrogen-bond acceptors (Lipinski definition) is 2. The van der Waals surface area contributed by atoms with Crippen LogP contribution >= 0.6 is 15.9 Å². The van der Waals surface area contributed by atoms with E-state index in [1.807, 2.05) is 0 Å². The smallest absolute Gasteiger partial charge is 0.186 e. The maximum absolute atomic E-state index is 6.32. The Morgan fingerprint density at radius 2 is 1.79 bits per heavy atom. The third-order valence-electron chi connectivity index (χ3n) is 8.99. The molecule has 5 rings (SSSR count). The predicted molar refractivity (Wildman–Crippen MR) is 99.0 cm³/mol. The van der Waals surface area contributed by atoms with Crippen molar-refractivity contribution in [3.05, 3.63) is 12.2 Å². The van der Waals surface area contributed by atoms with Crippen LogP contribution in [-0.2, 0) is 9.47 Å². The summed E-state index contributed by atoms with van der Waals surface area (Å²) in [4.78, 5) is 0.359. The van der Waals surface area contributed by atoms with Crippen LogP contribution in [0.3, 0.4) is 0 Å². The third-order valence-corrected chi connectivity index (χ3v) is 9.96. The Hall–Kier alpha value is 0.140. The summed E-state index contributed by atoms with van der Waals surface area (Å²) in [5.74, 6) is 3.08. The summed E-state index contributed by atoms with van der Waals surface area (Å²) in [5.41, 5.74) is 0.723. The Morgan fingerprint density at radius 3 is 2.58 bits per heavy atom. The molecule has 3 saturated carbocycles. The van der Waals surface area contributed by atoms with Crippen LogP contribution in [0, 0.1) is 34.5 Å². The number of halogens is 1. The predicted octanol–water partition coefficient (Wildman–Crippen LogP) is 5.31. The second kappa shape index (κ2) is 5.33. The molecule has 24 heavy (non-hydrogen) atoms. The fourth-order valence-corrected chi connectivity index (χ4v) is 8.89. The molecular formula is C21H31BrO2. The van der Waals surface area contributed by atoms with E-state index >= 15 is 0 Å². The lowest BCUT2D eigenvalue weighted by Gasteiger charge is -2.60. The Bertz CT molecular complexity index is 554. The zero-order chi connectivity index (χ0) is 16.6. The molecule has 0 aromatic carbocycles. The Morgan fingerprint density at radius 1 is 1.00 bits per heavy atom. The van der Waals surface area contributed by atoms with Gasteiger partial charge in [-0.15, -0.1) is 0 Å². The normalized spacial score (nSPS) is 55.2. The van der Waals surface area contributed by atoms with Gasteiger partial charge in [-0.05, 0) is 74.0 Å². The molecule has 1 aliphatic heterocycles. The van der Waals surface area contributed by atoms with Gasteiger partial charge < -0.3 is 9.47 Å². The molecular weight excluding hydrogens is 364 g/mol. The first kappa shape index (κ1) is 16.3. The van der Waals surface area contributed by atoms with Crippen LogP contribution in [-0.4, -0.2) is 23.8 Å². The number of alkyl halides is 1. The average molecular weight is 395 g/mol. The van der Waals surface area contributed by atoms with Gasteiger partial charge in [-0.2, -0.15) is 0 Å². The molecule has 0 bridgehead atoms. The highest BCUT2D eigenvalue weighted by atomic mass is 79.9. The van der Waals surface area contributed by atoms with Gasteiger partial charge in [0.2, 0.25) is 0 Å². The maximum atomic E-state index is 6.32. The summed E-state index contributed by atoms with van der Waals surface area (Å²) < 4.78 is 12.6. The van der Waals surface area contributed by atoms with Gasteiger partial charge in [0.05, 0.1) is 18.0 Å². The van der Waals surface area contributed by atoms with Crippen LogP contribution in [0.5, 0.6) is 0 Å². The molecule has 0 unspecified atom stereocenters. The van der Waals surface area contributed by atoms with Crippen LogP contribution in [0.2, 0.25) is 0 Å². The van der Waals surface area contributed by atoms with E-state index in [1.54, 1.807) is 0 Å². The van der Waals surface area contributed by atoms with E-state index in [-0.39, 0.29) is 11.2 Å². The van der Waals surface area contributed by atoms with Crippen LogP contribution in [0.25, 0.3) is 0 Å². The van der Waals surface area contributed by atoms with Crippen molar-refractivity contribution in [2.75, 3.05) is 13.2 Å². The standard InChI is InChI=1S/C21H31BrO2/c1-19-9-4-3-5-14(19)6-7-15-16(19)8-10-20(2)17(15)13-18(22)21(20)23-11-12-24-21/h3-4,14-18H,5-13H2,1-2H3/t14-,15-,16+,17+,18-,19+,20+/m1/s1. The monoisotopic (exact) mass is 394 g/mol. The fraction of sp³-hybridized carbons (Fsp3) is 0.905. The molecule has 4 aliphatic carbocycles. The highest BCUT2D eigenvalue weighted by Gasteiger charge is 2.70. The zero-order valence-corrected chi connectivity index (χ0v) is 16.7.